The molecule has 0 N–H and O–H groups in total. The average molecular weight is 461 g/mol. The summed E-state index contributed by atoms with van der Waals surface area (Å²) < 4.78 is 12.4. The number of hydrogen-bond acceptors (Lipinski definition) is 6. The van der Waals surface area contributed by atoms with Gasteiger partial charge in [0.2, 0.25) is 0 Å². The summed E-state index contributed by atoms with van der Waals surface area (Å²) in [6.45, 7) is 7.00. The second-order valence-corrected chi connectivity index (χ2v) is 8.21. The molecule has 164 valence electrons. The number of nitrogens with zero attached hydrogens (tertiary/aromatic N) is 5. The van der Waals surface area contributed by atoms with Gasteiger partial charge >= 0.3 is 6.85 Å². The quantitative estimate of drug-likeness (QED) is 0.292. The molecule has 4 aromatic rings. The van der Waals surface area contributed by atoms with Crippen molar-refractivity contribution in [3.63, 3.8) is 0 Å². The van der Waals surface area contributed by atoms with Gasteiger partial charge < -0.3 is 14.3 Å². The Labute approximate surface area is 207 Å². The van der Waals surface area contributed by atoms with Crippen LogP contribution in [0.2, 0.25) is 0 Å². The summed E-state index contributed by atoms with van der Waals surface area (Å²) in [5, 5.41) is 29.8. The lowest BCUT2D eigenvalue weighted by Crippen LogP contribution is -2.58. The van der Waals surface area contributed by atoms with E-state index in [1.807, 2.05) is 53.3 Å². The van der Waals surface area contributed by atoms with Crippen molar-refractivity contribution in [1.29, 1.82) is 15.8 Å². The Balaban J connectivity index is 1.75. The van der Waals surface area contributed by atoms with Crippen LogP contribution in [-0.2, 0) is 0 Å². The zero-order valence-electron chi connectivity index (χ0n) is 18.6. The third-order valence-corrected chi connectivity index (χ3v) is 6.24. The summed E-state index contributed by atoms with van der Waals surface area (Å²) in [5.41, 5.74) is 3.53. The Morgan fingerprint density at radius 2 is 1.25 bits per heavy atom. The number of anilines is 2. The molecule has 0 saturated heterocycles. The number of para-hydroxylation sites is 2. The number of benzene rings is 4. The topological polar surface area (TPSA) is 97.4 Å². The second-order valence-electron chi connectivity index (χ2n) is 8.21. The monoisotopic (exact) mass is 461 g/mol. The highest BCUT2D eigenvalue weighted by Crippen LogP contribution is 2.52. The Morgan fingerprint density at radius 1 is 0.694 bits per heavy atom. The van der Waals surface area contributed by atoms with Crippen LogP contribution < -0.4 is 25.2 Å². The number of rotatable bonds is 1. The first-order valence-electron chi connectivity index (χ1n) is 10.9. The van der Waals surface area contributed by atoms with Crippen molar-refractivity contribution >= 4 is 34.8 Å². The highest BCUT2D eigenvalue weighted by Gasteiger charge is 2.43. The summed E-state index contributed by atoms with van der Waals surface area (Å²) in [5.74, 6) is 1.90. The van der Waals surface area contributed by atoms with Crippen LogP contribution in [0.5, 0.6) is 23.0 Å². The molecule has 2 aliphatic heterocycles. The minimum atomic E-state index is -0.488. The van der Waals surface area contributed by atoms with E-state index < -0.39 is 6.85 Å². The highest BCUT2D eigenvalue weighted by molar-refractivity contribution is 6.90. The maximum absolute atomic E-state index is 10.1. The summed E-state index contributed by atoms with van der Waals surface area (Å²) in [6.07, 6.45) is 0. The van der Waals surface area contributed by atoms with Crippen LogP contribution in [0.25, 0.3) is 4.85 Å². The summed E-state index contributed by atoms with van der Waals surface area (Å²) in [7, 11) is 0. The molecule has 0 bridgehead atoms. The molecule has 7 nitrogen and oxygen atoms in total. The van der Waals surface area contributed by atoms with E-state index in [-0.39, 0.29) is 22.4 Å². The van der Waals surface area contributed by atoms with Crippen LogP contribution in [0.15, 0.2) is 72.8 Å². The molecule has 0 atom stereocenters. The molecule has 2 heterocycles. The van der Waals surface area contributed by atoms with E-state index in [9.17, 15) is 15.8 Å². The first-order chi connectivity index (χ1) is 17.7. The second kappa shape index (κ2) is 7.96. The van der Waals surface area contributed by atoms with Crippen molar-refractivity contribution in [2.24, 2.45) is 0 Å². The van der Waals surface area contributed by atoms with E-state index in [1.54, 1.807) is 12.1 Å². The lowest BCUT2D eigenvalue weighted by atomic mass is 9.47. The molecule has 0 fully saturated rings. The Morgan fingerprint density at radius 3 is 1.83 bits per heavy atom. The normalized spacial score (nSPS) is 12.1. The first-order valence-corrected chi connectivity index (χ1v) is 10.9. The van der Waals surface area contributed by atoms with Crippen molar-refractivity contribution in [2.45, 2.75) is 0 Å². The number of ether oxygens (including phenoxy) is 2. The molecule has 0 unspecified atom stereocenters. The van der Waals surface area contributed by atoms with Crippen molar-refractivity contribution in [2.75, 3.05) is 4.81 Å². The van der Waals surface area contributed by atoms with Crippen LogP contribution in [-0.4, -0.2) is 6.85 Å². The molecule has 0 aliphatic carbocycles. The van der Waals surface area contributed by atoms with E-state index in [2.05, 4.69) is 23.1 Å². The van der Waals surface area contributed by atoms with Gasteiger partial charge in [0.15, 0.2) is 11.4 Å². The fraction of sp³-hybridized carbons (Fsp3) is 0. The predicted octanol–water partition coefficient (Wildman–Crippen LogP) is 5.01. The highest BCUT2D eigenvalue weighted by atomic mass is 16.5. The Hall–Kier alpha value is -5.70. The van der Waals surface area contributed by atoms with Gasteiger partial charge in [0.1, 0.15) is 29.4 Å². The van der Waals surface area contributed by atoms with Crippen LogP contribution >= 0.6 is 0 Å². The van der Waals surface area contributed by atoms with Crippen LogP contribution in [0.3, 0.4) is 0 Å². The number of nitriles is 3. The SMILES string of the molecule is [C-]#[N+]c1cc(C#N)c2c(c1)Oc1cc(C#N)cc(C#N)c1N2B1c2ccccc2Oc2ccccc21. The maximum Gasteiger partial charge on any atom is 0.336 e. The molecule has 0 spiro atoms. The molecular formula is C28H12BN5O2. The number of fused-ring (bicyclic) bond motifs is 4. The summed E-state index contributed by atoms with van der Waals surface area (Å²) >= 11 is 0. The average Bonchev–Trinajstić information content (AvgIpc) is 2.93. The third kappa shape index (κ3) is 2.97. The van der Waals surface area contributed by atoms with Crippen LogP contribution in [0.4, 0.5) is 17.1 Å². The third-order valence-electron chi connectivity index (χ3n) is 6.24. The molecular weight excluding hydrogens is 449 g/mol. The van der Waals surface area contributed by atoms with Gasteiger partial charge in [0.05, 0.1) is 40.7 Å². The molecule has 6 rings (SSSR count). The van der Waals surface area contributed by atoms with E-state index >= 15 is 0 Å². The van der Waals surface area contributed by atoms with Gasteiger partial charge in [-0.3, -0.25) is 0 Å². The van der Waals surface area contributed by atoms with Crippen LogP contribution in [0.1, 0.15) is 16.7 Å². The minimum Gasteiger partial charge on any atom is -0.458 e. The van der Waals surface area contributed by atoms with Gasteiger partial charge in [0.25, 0.3) is 0 Å². The lowest BCUT2D eigenvalue weighted by Gasteiger charge is -2.40. The fourth-order valence-corrected chi connectivity index (χ4v) is 4.80. The number of hydrogen-bond donors (Lipinski definition) is 0. The summed E-state index contributed by atoms with van der Waals surface area (Å²) in [6, 6.07) is 27.9. The zero-order valence-corrected chi connectivity index (χ0v) is 18.6. The van der Waals surface area contributed by atoms with Crippen LogP contribution in [0, 0.1) is 40.6 Å². The van der Waals surface area contributed by atoms with Gasteiger partial charge in [0, 0.05) is 6.07 Å². The van der Waals surface area contributed by atoms with Gasteiger partial charge in [-0.25, -0.2) is 4.85 Å². The molecule has 36 heavy (non-hydrogen) atoms. The van der Waals surface area contributed by atoms with Gasteiger partial charge in [-0.1, -0.05) is 36.4 Å². The molecule has 0 amide bonds. The van der Waals surface area contributed by atoms with Gasteiger partial charge in [-0.05, 0) is 41.3 Å². The Bertz CT molecular complexity index is 1640. The van der Waals surface area contributed by atoms with Crippen molar-refractivity contribution in [1.82, 2.24) is 0 Å². The maximum atomic E-state index is 10.1. The van der Waals surface area contributed by atoms with Gasteiger partial charge in [-0.15, -0.1) is 0 Å². The first kappa shape index (κ1) is 20.9. The molecule has 2 aliphatic rings. The standard InChI is InChI=1S/C28H12BN5O2/c1-33-20-12-19(16-32)28-26(13-20)36-25-11-17(14-30)10-18(15-31)27(25)34(28)29-21-6-2-4-8-23(21)35-24-9-5-3-7-22(24)29/h2-13H. The van der Waals surface area contributed by atoms with Crippen molar-refractivity contribution in [3.8, 4) is 41.2 Å². The van der Waals surface area contributed by atoms with E-state index in [4.69, 9.17) is 16.0 Å². The molecule has 8 heteroatoms. The summed E-state index contributed by atoms with van der Waals surface area (Å²) in [4.78, 5) is 5.40. The van der Waals surface area contributed by atoms with E-state index in [0.717, 1.165) is 10.9 Å². The molecule has 0 saturated carbocycles. The molecule has 0 aromatic heterocycles. The van der Waals surface area contributed by atoms with Crippen molar-refractivity contribution < 1.29 is 9.47 Å². The largest absolute Gasteiger partial charge is 0.458 e. The Kier molecular flexibility index (Phi) is 4.62. The molecule has 4 aromatic carbocycles. The van der Waals surface area contributed by atoms with E-state index in [0.29, 0.717) is 34.4 Å². The smallest absolute Gasteiger partial charge is 0.336 e. The molecule has 0 radical (unpaired) electrons. The zero-order chi connectivity index (χ0) is 24.8. The van der Waals surface area contributed by atoms with E-state index in [1.165, 1.54) is 12.1 Å². The van der Waals surface area contributed by atoms with Gasteiger partial charge in [-0.2, -0.15) is 15.8 Å². The fourth-order valence-electron chi connectivity index (χ4n) is 4.80. The minimum absolute atomic E-state index is 0.231. The lowest BCUT2D eigenvalue weighted by molar-refractivity contribution is 0.476. The van der Waals surface area contributed by atoms with Crippen molar-refractivity contribution in [3.05, 3.63) is 101 Å². The predicted molar refractivity (Wildman–Crippen MR) is 133 cm³/mol.